The van der Waals surface area contributed by atoms with Crippen LogP contribution < -0.4 is 10.6 Å². The van der Waals surface area contributed by atoms with Gasteiger partial charge in [0.1, 0.15) is 11.5 Å². The Kier molecular flexibility index (Phi) is 4.76. The lowest BCUT2D eigenvalue weighted by Crippen LogP contribution is -2.16. The summed E-state index contributed by atoms with van der Waals surface area (Å²) in [6, 6.07) is 3.54. The molecule has 1 aromatic heterocycles. The van der Waals surface area contributed by atoms with E-state index < -0.39 is 17.5 Å². The van der Waals surface area contributed by atoms with Gasteiger partial charge in [0.05, 0.1) is 18.1 Å². The normalized spacial score (nSPS) is 10.2. The smallest absolute Gasteiger partial charge is 0.276 e. The Labute approximate surface area is 120 Å². The molecule has 0 bridgehead atoms. The Hall–Kier alpha value is -2.57. The van der Waals surface area contributed by atoms with E-state index in [4.69, 9.17) is 0 Å². The molecule has 0 unspecified atom stereocenters. The lowest BCUT2D eigenvalue weighted by Gasteiger charge is -2.08. The van der Waals surface area contributed by atoms with Gasteiger partial charge < -0.3 is 10.6 Å². The number of aromatic nitrogens is 2. The molecule has 0 aliphatic carbocycles. The van der Waals surface area contributed by atoms with Gasteiger partial charge in [0, 0.05) is 6.54 Å². The van der Waals surface area contributed by atoms with Crippen molar-refractivity contribution in [2.45, 2.75) is 13.3 Å². The minimum atomic E-state index is -1.11. The summed E-state index contributed by atoms with van der Waals surface area (Å²) in [5, 5.41) is 5.25. The van der Waals surface area contributed by atoms with E-state index in [1.807, 2.05) is 6.92 Å². The number of rotatable bonds is 5. The van der Waals surface area contributed by atoms with Crippen molar-refractivity contribution in [1.82, 2.24) is 9.97 Å². The second-order valence-corrected chi connectivity index (χ2v) is 4.27. The zero-order chi connectivity index (χ0) is 15.2. The molecule has 0 spiro atoms. The number of benzene rings is 1. The van der Waals surface area contributed by atoms with Crippen molar-refractivity contribution in [2.24, 2.45) is 0 Å². The summed E-state index contributed by atoms with van der Waals surface area (Å²) in [4.78, 5) is 19.9. The molecule has 1 amide bonds. The summed E-state index contributed by atoms with van der Waals surface area (Å²) >= 11 is 0. The molecule has 0 aliphatic heterocycles. The minimum absolute atomic E-state index is 0.0137. The van der Waals surface area contributed by atoms with Crippen LogP contribution >= 0.6 is 0 Å². The van der Waals surface area contributed by atoms with Crippen molar-refractivity contribution in [3.63, 3.8) is 0 Å². The number of halogens is 2. The number of carbonyl (C=O) groups is 1. The predicted octanol–water partition coefficient (Wildman–Crippen LogP) is 2.83. The molecule has 2 N–H and O–H groups in total. The highest BCUT2D eigenvalue weighted by Gasteiger charge is 2.13. The average Bonchev–Trinajstić information content (AvgIpc) is 2.50. The Balaban J connectivity index is 2.15. The molecule has 0 radical (unpaired) electrons. The third-order valence-electron chi connectivity index (χ3n) is 2.62. The highest BCUT2D eigenvalue weighted by atomic mass is 19.2. The first-order valence-electron chi connectivity index (χ1n) is 6.43. The summed E-state index contributed by atoms with van der Waals surface area (Å²) in [6.45, 7) is 2.68. The topological polar surface area (TPSA) is 66.9 Å². The summed E-state index contributed by atoms with van der Waals surface area (Å²) < 4.78 is 26.6. The fourth-order valence-electron chi connectivity index (χ4n) is 1.60. The van der Waals surface area contributed by atoms with Gasteiger partial charge in [-0.15, -0.1) is 0 Å². The van der Waals surface area contributed by atoms with Crippen LogP contribution in [0.1, 0.15) is 23.8 Å². The summed E-state index contributed by atoms with van der Waals surface area (Å²) in [5.74, 6) is -2.35. The summed E-state index contributed by atoms with van der Waals surface area (Å²) in [7, 11) is 0. The second kappa shape index (κ2) is 6.74. The number of amides is 1. The molecule has 21 heavy (non-hydrogen) atoms. The first-order chi connectivity index (χ1) is 10.1. The van der Waals surface area contributed by atoms with Crippen LogP contribution in [0.5, 0.6) is 0 Å². The number of carbonyl (C=O) groups excluding carboxylic acids is 1. The van der Waals surface area contributed by atoms with E-state index in [0.717, 1.165) is 12.5 Å². The van der Waals surface area contributed by atoms with Crippen LogP contribution in [0.3, 0.4) is 0 Å². The van der Waals surface area contributed by atoms with Gasteiger partial charge in [0.15, 0.2) is 11.6 Å². The van der Waals surface area contributed by atoms with Crippen LogP contribution in [-0.2, 0) is 0 Å². The molecule has 1 heterocycles. The molecule has 1 aromatic carbocycles. The van der Waals surface area contributed by atoms with Gasteiger partial charge in [-0.3, -0.25) is 9.78 Å². The monoisotopic (exact) mass is 292 g/mol. The van der Waals surface area contributed by atoms with Crippen LogP contribution in [0.15, 0.2) is 30.6 Å². The molecule has 0 saturated carbocycles. The summed E-state index contributed by atoms with van der Waals surface area (Å²) in [6.07, 6.45) is 3.63. The zero-order valence-electron chi connectivity index (χ0n) is 11.4. The van der Waals surface area contributed by atoms with Crippen molar-refractivity contribution < 1.29 is 13.6 Å². The fourth-order valence-corrected chi connectivity index (χ4v) is 1.60. The molecule has 110 valence electrons. The highest BCUT2D eigenvalue weighted by Crippen LogP contribution is 2.17. The largest absolute Gasteiger partial charge is 0.369 e. The average molecular weight is 292 g/mol. The molecule has 2 aromatic rings. The Morgan fingerprint density at radius 3 is 2.86 bits per heavy atom. The van der Waals surface area contributed by atoms with Crippen LogP contribution in [0.2, 0.25) is 0 Å². The maximum atomic E-state index is 13.5. The zero-order valence-corrected chi connectivity index (χ0v) is 11.4. The van der Waals surface area contributed by atoms with Crippen LogP contribution in [0, 0.1) is 11.6 Å². The molecule has 2 rings (SSSR count). The molecule has 0 saturated heterocycles. The van der Waals surface area contributed by atoms with Crippen LogP contribution in [0.25, 0.3) is 0 Å². The SMILES string of the molecule is CCCNc1cncc(C(=O)Nc2cccc(F)c2F)n1. The third kappa shape index (κ3) is 3.71. The molecule has 5 nitrogen and oxygen atoms in total. The maximum Gasteiger partial charge on any atom is 0.276 e. The van der Waals surface area contributed by atoms with Gasteiger partial charge in [-0.25, -0.2) is 13.8 Å². The van der Waals surface area contributed by atoms with Crippen molar-refractivity contribution in [3.8, 4) is 0 Å². The molecule has 0 fully saturated rings. The standard InChI is InChI=1S/C14H14F2N4O/c1-2-6-18-12-8-17-7-11(19-12)14(21)20-10-5-3-4-9(15)13(10)16/h3-5,7-8H,2,6H2,1H3,(H,18,19)(H,20,21). The molecule has 0 atom stereocenters. The number of nitrogens with one attached hydrogen (secondary N) is 2. The first kappa shape index (κ1) is 14.8. The molecular formula is C14H14F2N4O. The van der Waals surface area contributed by atoms with E-state index >= 15 is 0 Å². The maximum absolute atomic E-state index is 13.5. The van der Waals surface area contributed by atoms with Crippen molar-refractivity contribution >= 4 is 17.4 Å². The molecular weight excluding hydrogens is 278 g/mol. The van der Waals surface area contributed by atoms with Crippen molar-refractivity contribution in [2.75, 3.05) is 17.2 Å². The van der Waals surface area contributed by atoms with Gasteiger partial charge in [-0.1, -0.05) is 13.0 Å². The molecule has 0 aliphatic rings. The van der Waals surface area contributed by atoms with E-state index in [1.54, 1.807) is 0 Å². The van der Waals surface area contributed by atoms with Gasteiger partial charge in [-0.2, -0.15) is 0 Å². The second-order valence-electron chi connectivity index (χ2n) is 4.27. The van der Waals surface area contributed by atoms with E-state index in [0.29, 0.717) is 12.4 Å². The number of hydrogen-bond acceptors (Lipinski definition) is 4. The number of anilines is 2. The van der Waals surface area contributed by atoms with E-state index in [9.17, 15) is 13.6 Å². The van der Waals surface area contributed by atoms with E-state index in [2.05, 4.69) is 20.6 Å². The first-order valence-corrected chi connectivity index (χ1v) is 6.43. The highest BCUT2D eigenvalue weighted by molar-refractivity contribution is 6.02. The Morgan fingerprint density at radius 2 is 2.10 bits per heavy atom. The summed E-state index contributed by atoms with van der Waals surface area (Å²) in [5.41, 5.74) is -0.228. The van der Waals surface area contributed by atoms with Crippen LogP contribution in [-0.4, -0.2) is 22.4 Å². The van der Waals surface area contributed by atoms with E-state index in [-0.39, 0.29) is 11.4 Å². The predicted molar refractivity (Wildman–Crippen MR) is 75.1 cm³/mol. The van der Waals surface area contributed by atoms with Crippen LogP contribution in [0.4, 0.5) is 20.3 Å². The van der Waals surface area contributed by atoms with Gasteiger partial charge in [0.2, 0.25) is 0 Å². The lowest BCUT2D eigenvalue weighted by atomic mass is 10.3. The van der Waals surface area contributed by atoms with Crippen molar-refractivity contribution in [1.29, 1.82) is 0 Å². The Morgan fingerprint density at radius 1 is 1.29 bits per heavy atom. The number of hydrogen-bond donors (Lipinski definition) is 2. The van der Waals surface area contributed by atoms with Crippen molar-refractivity contribution in [3.05, 3.63) is 47.9 Å². The quantitative estimate of drug-likeness (QED) is 0.889. The van der Waals surface area contributed by atoms with Gasteiger partial charge >= 0.3 is 0 Å². The fraction of sp³-hybridized carbons (Fsp3) is 0.214. The van der Waals surface area contributed by atoms with Gasteiger partial charge in [0.25, 0.3) is 5.91 Å². The van der Waals surface area contributed by atoms with Gasteiger partial charge in [-0.05, 0) is 18.6 Å². The number of nitrogens with zero attached hydrogens (tertiary/aromatic N) is 2. The molecule has 7 heteroatoms. The Bertz CT molecular complexity index is 649. The minimum Gasteiger partial charge on any atom is -0.369 e. The third-order valence-corrected chi connectivity index (χ3v) is 2.62. The van der Waals surface area contributed by atoms with E-state index in [1.165, 1.54) is 24.5 Å². The lowest BCUT2D eigenvalue weighted by molar-refractivity contribution is 0.102.